The molecule has 0 saturated carbocycles. The predicted molar refractivity (Wildman–Crippen MR) is 67.3 cm³/mol. The fourth-order valence-corrected chi connectivity index (χ4v) is 1.96. The summed E-state index contributed by atoms with van der Waals surface area (Å²) >= 11 is 0. The third-order valence-corrected chi connectivity index (χ3v) is 3.28. The molecule has 1 fully saturated rings. The minimum absolute atomic E-state index is 0.176. The first kappa shape index (κ1) is 13.5. The lowest BCUT2D eigenvalue weighted by molar-refractivity contribution is -0.129. The fraction of sp³-hybridized carbons (Fsp3) is 0.923. The first-order valence-electron chi connectivity index (χ1n) is 6.35. The molecule has 94 valence electrons. The Hall–Kier alpha value is -0.570. The van der Waals surface area contributed by atoms with E-state index in [1.54, 1.807) is 0 Å². The number of amides is 1. The lowest BCUT2D eigenvalue weighted by Gasteiger charge is -2.35. The Kier molecular flexibility index (Phi) is 4.36. The number of piperidine rings is 1. The molecule has 3 heteroatoms. The zero-order valence-corrected chi connectivity index (χ0v) is 11.3. The fourth-order valence-electron chi connectivity index (χ4n) is 1.96. The van der Waals surface area contributed by atoms with E-state index in [9.17, 15) is 4.79 Å². The molecule has 16 heavy (non-hydrogen) atoms. The van der Waals surface area contributed by atoms with Crippen LogP contribution < -0.4 is 5.32 Å². The average molecular weight is 226 g/mol. The van der Waals surface area contributed by atoms with Gasteiger partial charge in [0.2, 0.25) is 5.91 Å². The number of carbonyl (C=O) groups is 1. The Morgan fingerprint density at radius 2 is 1.75 bits per heavy atom. The second kappa shape index (κ2) is 5.17. The van der Waals surface area contributed by atoms with Gasteiger partial charge in [-0.3, -0.25) is 4.79 Å². The molecule has 1 aliphatic heterocycles. The van der Waals surface area contributed by atoms with Crippen molar-refractivity contribution in [2.45, 2.75) is 59.5 Å². The van der Waals surface area contributed by atoms with Crippen LogP contribution >= 0.6 is 0 Å². The third-order valence-electron chi connectivity index (χ3n) is 3.28. The SMILES string of the molecule is CC(C)N1CCC(NC(=O)C(C)(C)C)CC1. The van der Waals surface area contributed by atoms with E-state index in [-0.39, 0.29) is 11.3 Å². The predicted octanol–water partition coefficient (Wildman–Crippen LogP) is 2.02. The van der Waals surface area contributed by atoms with E-state index in [0.717, 1.165) is 25.9 Å². The summed E-state index contributed by atoms with van der Waals surface area (Å²) in [5.41, 5.74) is -0.269. The number of hydrogen-bond donors (Lipinski definition) is 1. The minimum Gasteiger partial charge on any atom is -0.353 e. The van der Waals surface area contributed by atoms with Crippen LogP contribution in [0.4, 0.5) is 0 Å². The maximum atomic E-state index is 11.8. The molecule has 1 heterocycles. The quantitative estimate of drug-likeness (QED) is 0.781. The highest BCUT2D eigenvalue weighted by molar-refractivity contribution is 5.81. The van der Waals surface area contributed by atoms with Crippen molar-refractivity contribution in [3.8, 4) is 0 Å². The van der Waals surface area contributed by atoms with Crippen molar-refractivity contribution in [3.63, 3.8) is 0 Å². The molecule has 0 aromatic heterocycles. The third kappa shape index (κ3) is 3.78. The van der Waals surface area contributed by atoms with E-state index in [1.807, 2.05) is 20.8 Å². The second-order valence-electron chi connectivity index (χ2n) is 6.13. The molecular formula is C13H26N2O. The zero-order chi connectivity index (χ0) is 12.3. The molecule has 1 rings (SSSR count). The first-order valence-corrected chi connectivity index (χ1v) is 6.35. The highest BCUT2D eigenvalue weighted by atomic mass is 16.2. The van der Waals surface area contributed by atoms with Crippen molar-refractivity contribution < 1.29 is 4.79 Å². The number of nitrogens with zero attached hydrogens (tertiary/aromatic N) is 1. The van der Waals surface area contributed by atoms with Gasteiger partial charge in [0.25, 0.3) is 0 Å². The summed E-state index contributed by atoms with van der Waals surface area (Å²) in [5.74, 6) is 0.176. The number of hydrogen-bond acceptors (Lipinski definition) is 2. The molecule has 0 aromatic carbocycles. The Morgan fingerprint density at radius 3 is 2.12 bits per heavy atom. The Bertz CT molecular complexity index is 235. The Labute approximate surface area is 99.6 Å². The first-order chi connectivity index (χ1) is 7.30. The Balaban J connectivity index is 2.35. The smallest absolute Gasteiger partial charge is 0.225 e. The molecule has 0 unspecified atom stereocenters. The Morgan fingerprint density at radius 1 is 1.25 bits per heavy atom. The van der Waals surface area contributed by atoms with Gasteiger partial charge in [-0.25, -0.2) is 0 Å². The van der Waals surface area contributed by atoms with Crippen molar-refractivity contribution >= 4 is 5.91 Å². The normalized spacial score (nSPS) is 20.1. The van der Waals surface area contributed by atoms with Crippen LogP contribution in [-0.2, 0) is 4.79 Å². The van der Waals surface area contributed by atoms with Crippen molar-refractivity contribution in [2.24, 2.45) is 5.41 Å². The highest BCUT2D eigenvalue weighted by Crippen LogP contribution is 2.17. The summed E-state index contributed by atoms with van der Waals surface area (Å²) in [6.07, 6.45) is 2.17. The summed E-state index contributed by atoms with van der Waals surface area (Å²) in [5, 5.41) is 3.15. The number of rotatable bonds is 2. The van der Waals surface area contributed by atoms with Gasteiger partial charge < -0.3 is 10.2 Å². The summed E-state index contributed by atoms with van der Waals surface area (Å²) < 4.78 is 0. The van der Waals surface area contributed by atoms with Crippen molar-refractivity contribution in [1.29, 1.82) is 0 Å². The van der Waals surface area contributed by atoms with Crippen LogP contribution in [0.25, 0.3) is 0 Å². The van der Waals surface area contributed by atoms with Gasteiger partial charge in [0.05, 0.1) is 0 Å². The molecule has 0 bridgehead atoms. The zero-order valence-electron chi connectivity index (χ0n) is 11.3. The van der Waals surface area contributed by atoms with Gasteiger partial charge in [0.15, 0.2) is 0 Å². The molecular weight excluding hydrogens is 200 g/mol. The molecule has 1 amide bonds. The van der Waals surface area contributed by atoms with Crippen LogP contribution in [-0.4, -0.2) is 36.0 Å². The molecule has 0 spiro atoms. The maximum absolute atomic E-state index is 11.8. The largest absolute Gasteiger partial charge is 0.353 e. The van der Waals surface area contributed by atoms with Crippen LogP contribution in [0.3, 0.4) is 0 Å². The summed E-state index contributed by atoms with van der Waals surface area (Å²) in [4.78, 5) is 14.3. The van der Waals surface area contributed by atoms with Gasteiger partial charge >= 0.3 is 0 Å². The van der Waals surface area contributed by atoms with E-state index in [2.05, 4.69) is 24.1 Å². The molecule has 0 aliphatic carbocycles. The summed E-state index contributed by atoms with van der Waals surface area (Å²) in [7, 11) is 0. The lowest BCUT2D eigenvalue weighted by Crippen LogP contribution is -2.49. The monoisotopic (exact) mass is 226 g/mol. The standard InChI is InChI=1S/C13H26N2O/c1-10(2)15-8-6-11(7-9-15)14-12(16)13(3,4)5/h10-11H,6-9H2,1-5H3,(H,14,16). The van der Waals surface area contributed by atoms with Gasteiger partial charge in [-0.15, -0.1) is 0 Å². The van der Waals surface area contributed by atoms with Gasteiger partial charge in [-0.1, -0.05) is 20.8 Å². The molecule has 1 N–H and O–H groups in total. The van der Waals surface area contributed by atoms with Crippen molar-refractivity contribution in [3.05, 3.63) is 0 Å². The molecule has 0 radical (unpaired) electrons. The molecule has 1 aliphatic rings. The van der Waals surface area contributed by atoms with Gasteiger partial charge in [0, 0.05) is 30.6 Å². The molecule has 0 aromatic rings. The molecule has 3 nitrogen and oxygen atoms in total. The summed E-state index contributed by atoms with van der Waals surface area (Å²) in [6.45, 7) is 12.6. The second-order valence-corrected chi connectivity index (χ2v) is 6.13. The van der Waals surface area contributed by atoms with Crippen LogP contribution in [0, 0.1) is 5.41 Å². The van der Waals surface area contributed by atoms with E-state index in [4.69, 9.17) is 0 Å². The van der Waals surface area contributed by atoms with E-state index < -0.39 is 0 Å². The highest BCUT2D eigenvalue weighted by Gasteiger charge is 2.26. The van der Waals surface area contributed by atoms with Gasteiger partial charge in [-0.2, -0.15) is 0 Å². The van der Waals surface area contributed by atoms with Crippen molar-refractivity contribution in [1.82, 2.24) is 10.2 Å². The number of nitrogens with one attached hydrogen (secondary N) is 1. The van der Waals surface area contributed by atoms with Gasteiger partial charge in [-0.05, 0) is 26.7 Å². The van der Waals surface area contributed by atoms with Crippen LogP contribution in [0.5, 0.6) is 0 Å². The van der Waals surface area contributed by atoms with Crippen LogP contribution in [0.2, 0.25) is 0 Å². The topological polar surface area (TPSA) is 32.3 Å². The van der Waals surface area contributed by atoms with Crippen LogP contribution in [0.15, 0.2) is 0 Å². The average Bonchev–Trinajstić information content (AvgIpc) is 2.17. The van der Waals surface area contributed by atoms with Gasteiger partial charge in [0.1, 0.15) is 0 Å². The van der Waals surface area contributed by atoms with E-state index in [0.29, 0.717) is 12.1 Å². The van der Waals surface area contributed by atoms with E-state index in [1.165, 1.54) is 0 Å². The van der Waals surface area contributed by atoms with E-state index >= 15 is 0 Å². The number of likely N-dealkylation sites (tertiary alicyclic amines) is 1. The maximum Gasteiger partial charge on any atom is 0.225 e. The van der Waals surface area contributed by atoms with Crippen molar-refractivity contribution in [2.75, 3.05) is 13.1 Å². The number of carbonyl (C=O) groups excluding carboxylic acids is 1. The van der Waals surface area contributed by atoms with Crippen LogP contribution in [0.1, 0.15) is 47.5 Å². The summed E-state index contributed by atoms with van der Waals surface area (Å²) in [6, 6.07) is 1.00. The molecule has 1 saturated heterocycles. The molecule has 0 atom stereocenters. The minimum atomic E-state index is -0.269. The lowest BCUT2D eigenvalue weighted by atomic mass is 9.94.